The van der Waals surface area contributed by atoms with Crippen LogP contribution in [0.5, 0.6) is 0 Å². The second kappa shape index (κ2) is 20.1. The van der Waals surface area contributed by atoms with E-state index in [4.69, 9.17) is 43.1 Å². The molecule has 2 aliphatic rings. The minimum Gasteiger partial charge on any atom is -0.793 e. The van der Waals surface area contributed by atoms with Crippen molar-refractivity contribution in [2.45, 2.75) is 127 Å². The second-order valence-corrected chi connectivity index (χ2v) is 13.1. The van der Waals surface area contributed by atoms with Gasteiger partial charge in [-0.15, -0.1) is 22.1 Å². The van der Waals surface area contributed by atoms with Crippen molar-refractivity contribution in [1.29, 1.82) is 0 Å². The molecular formula is C41H55N5ORuS. The summed E-state index contributed by atoms with van der Waals surface area (Å²) in [5, 5.41) is 0. The van der Waals surface area contributed by atoms with E-state index >= 15 is 0 Å². The number of allylic oxidation sites excluding steroid dienone is 4. The normalized spacial score (nSPS) is 12.4. The summed E-state index contributed by atoms with van der Waals surface area (Å²) in [7, 11) is 0. The van der Waals surface area contributed by atoms with Crippen LogP contribution in [0.3, 0.4) is 0 Å². The summed E-state index contributed by atoms with van der Waals surface area (Å²) in [6.45, 7) is 22.3. The fourth-order valence-electron chi connectivity index (χ4n) is 7.16. The average molecular weight is 767 g/mol. The van der Waals surface area contributed by atoms with Gasteiger partial charge < -0.3 is 33.1 Å². The summed E-state index contributed by atoms with van der Waals surface area (Å²) < 4.78 is 0. The summed E-state index contributed by atoms with van der Waals surface area (Å²) in [5.41, 5.74) is 24.9. The van der Waals surface area contributed by atoms with E-state index in [2.05, 4.69) is 93.5 Å². The summed E-state index contributed by atoms with van der Waals surface area (Å²) in [5.74, 6) is 1.71. The molecule has 0 atom stereocenters. The Morgan fingerprint density at radius 1 is 0.531 bits per heavy atom. The number of aromatic nitrogens is 4. The molecule has 0 spiro atoms. The van der Waals surface area contributed by atoms with Crippen LogP contribution in [0, 0.1) is 10.8 Å². The molecule has 0 amide bonds. The quantitative estimate of drug-likeness (QED) is 0.151. The van der Waals surface area contributed by atoms with Crippen molar-refractivity contribution in [3.05, 3.63) is 79.8 Å². The molecule has 3 aromatic rings. The van der Waals surface area contributed by atoms with Gasteiger partial charge in [0.1, 0.15) is 0 Å². The summed E-state index contributed by atoms with van der Waals surface area (Å²) in [6, 6.07) is 8.98. The molecule has 5 rings (SSSR count). The average Bonchev–Trinajstić information content (AvgIpc) is 3.80. The zero-order chi connectivity index (χ0) is 35.5. The van der Waals surface area contributed by atoms with Crippen LogP contribution in [0.4, 0.5) is 0 Å². The number of aryl methyl sites for hydroxylation is 4. The number of hydrogen-bond donors (Lipinski definition) is 0. The Labute approximate surface area is 313 Å². The third-order valence-electron chi connectivity index (χ3n) is 9.51. The van der Waals surface area contributed by atoms with Gasteiger partial charge in [-0.3, -0.25) is 0 Å². The van der Waals surface area contributed by atoms with Gasteiger partial charge in [0.2, 0.25) is 0 Å². The van der Waals surface area contributed by atoms with Crippen molar-refractivity contribution >= 4 is 57.0 Å². The molecular weight excluding hydrogens is 712 g/mol. The van der Waals surface area contributed by atoms with Crippen LogP contribution in [0.25, 0.3) is 50.0 Å². The smallest absolute Gasteiger partial charge is 0.793 e. The minimum absolute atomic E-state index is 0. The SMILES string of the molecule is CC(C)CC[S-].CCC1=C(CC)c2cc3[n-]c(cc4nc(cc5[n-]c(cc1n2)c(CC)c5CC)C(CC)=C4CC)c(CC)c3CC.[N-]=O.[Ru+4]. The first-order chi connectivity index (χ1) is 23.2. The molecule has 0 N–H and O–H groups in total. The molecule has 49 heavy (non-hydrogen) atoms. The third kappa shape index (κ3) is 9.10. The van der Waals surface area contributed by atoms with Gasteiger partial charge in [-0.25, -0.2) is 9.97 Å². The van der Waals surface area contributed by atoms with Crippen LogP contribution in [-0.4, -0.2) is 15.7 Å². The Balaban J connectivity index is 0.000000838. The maximum absolute atomic E-state index is 7.25. The van der Waals surface area contributed by atoms with Gasteiger partial charge in [0.15, 0.2) is 0 Å². The predicted molar refractivity (Wildman–Crippen MR) is 210 cm³/mol. The molecule has 2 aliphatic heterocycles. The molecule has 8 bridgehead atoms. The van der Waals surface area contributed by atoms with Gasteiger partial charge in [0, 0.05) is 0 Å². The van der Waals surface area contributed by atoms with Crippen LogP contribution in [0.15, 0.2) is 24.3 Å². The van der Waals surface area contributed by atoms with E-state index in [0.29, 0.717) is 0 Å². The van der Waals surface area contributed by atoms with Crippen LogP contribution in [0.2, 0.25) is 0 Å². The van der Waals surface area contributed by atoms with Gasteiger partial charge >= 0.3 is 19.5 Å². The van der Waals surface area contributed by atoms with E-state index in [1.54, 1.807) is 0 Å². The Hall–Kier alpha value is -2.83. The molecule has 0 unspecified atom stereocenters. The van der Waals surface area contributed by atoms with E-state index in [0.717, 1.165) is 108 Å². The van der Waals surface area contributed by atoms with Crippen molar-refractivity contribution in [3.63, 3.8) is 0 Å². The van der Waals surface area contributed by atoms with Crippen LogP contribution in [0.1, 0.15) is 146 Å². The van der Waals surface area contributed by atoms with Crippen molar-refractivity contribution in [1.82, 2.24) is 19.9 Å². The van der Waals surface area contributed by atoms with Crippen molar-refractivity contribution in [2.75, 3.05) is 5.75 Å². The van der Waals surface area contributed by atoms with Crippen molar-refractivity contribution < 1.29 is 19.5 Å². The molecule has 3 aromatic heterocycles. The Morgan fingerprint density at radius 2 is 0.776 bits per heavy atom. The van der Waals surface area contributed by atoms with Gasteiger partial charge in [-0.05, 0) is 79.6 Å². The topological polar surface area (TPSA) is 93.3 Å². The molecule has 6 nitrogen and oxygen atoms in total. The van der Waals surface area contributed by atoms with Gasteiger partial charge in [0.25, 0.3) is 0 Å². The fraction of sp³-hybridized carbons (Fsp3) is 0.512. The minimum atomic E-state index is 0. The van der Waals surface area contributed by atoms with Crippen LogP contribution in [-0.2, 0) is 57.8 Å². The van der Waals surface area contributed by atoms with E-state index in [-0.39, 0.29) is 19.5 Å². The molecule has 0 aliphatic carbocycles. The summed E-state index contributed by atoms with van der Waals surface area (Å²) in [4.78, 5) is 28.3. The first-order valence-corrected chi connectivity index (χ1v) is 18.7. The molecule has 0 radical (unpaired) electrons. The predicted octanol–water partition coefficient (Wildman–Crippen LogP) is 11.2. The first kappa shape index (κ1) is 42.3. The monoisotopic (exact) mass is 767 g/mol. The second-order valence-electron chi connectivity index (χ2n) is 12.6. The standard InChI is InChI=1S/C36H44N4.C5H12S.NO.Ru/c1-9-21-22(10-2)30-18-32-25(13-5)26(14-6)34(39-32)20-36-28(16-8)27(15-7)35(40-36)19-33-24(12-4)23(11-3)31(38-33)17-29(21)37-30;1-5(2)3-4-6;1-2;/h17-20H,9-16H2,1-8H3;5-6H,3-4H2,1-2H3;;/q-2;;-1;+4/p-1. The summed E-state index contributed by atoms with van der Waals surface area (Å²) in [6.07, 6.45) is 8.79. The van der Waals surface area contributed by atoms with Gasteiger partial charge in [-0.2, -0.15) is 5.75 Å². The van der Waals surface area contributed by atoms with Crippen molar-refractivity contribution in [3.8, 4) is 0 Å². The molecule has 264 valence electrons. The number of nitroso groups, excluding NO2 is 1. The Kier molecular flexibility index (Phi) is 17.4. The van der Waals surface area contributed by atoms with Gasteiger partial charge in [-0.1, -0.05) is 122 Å². The summed E-state index contributed by atoms with van der Waals surface area (Å²) >= 11 is 4.73. The zero-order valence-electron chi connectivity index (χ0n) is 31.4. The van der Waals surface area contributed by atoms with Crippen LogP contribution < -0.4 is 9.97 Å². The first-order valence-electron chi connectivity index (χ1n) is 18.1. The van der Waals surface area contributed by atoms with E-state index in [9.17, 15) is 0 Å². The number of nitrogens with zero attached hydrogens (tertiary/aromatic N) is 5. The molecule has 0 saturated heterocycles. The maximum atomic E-state index is 7.25. The number of hydrogen-bond acceptors (Lipinski definition) is 4. The number of fused-ring (bicyclic) bond motifs is 8. The Bertz CT molecular complexity index is 1560. The molecule has 0 saturated carbocycles. The molecule has 0 fully saturated rings. The molecule has 0 aromatic carbocycles. The fourth-order valence-corrected chi connectivity index (χ4v) is 7.63. The Morgan fingerprint density at radius 3 is 0.918 bits per heavy atom. The maximum Gasteiger partial charge on any atom is 4.00 e. The van der Waals surface area contributed by atoms with Crippen molar-refractivity contribution in [2.24, 2.45) is 5.92 Å². The van der Waals surface area contributed by atoms with Crippen LogP contribution >= 0.6 is 0 Å². The molecule has 5 heterocycles. The van der Waals surface area contributed by atoms with E-state index in [1.165, 1.54) is 51.0 Å². The van der Waals surface area contributed by atoms with Gasteiger partial charge in [0.05, 0.1) is 22.8 Å². The van der Waals surface area contributed by atoms with E-state index < -0.39 is 0 Å². The van der Waals surface area contributed by atoms with E-state index in [1.807, 2.05) is 0 Å². The third-order valence-corrected chi connectivity index (χ3v) is 9.75. The zero-order valence-corrected chi connectivity index (χ0v) is 33.9. The number of rotatable bonds is 10. The largest absolute Gasteiger partial charge is 4.00 e. The molecule has 8 heteroatoms.